The number of aromatic nitrogens is 2. The highest BCUT2D eigenvalue weighted by Crippen LogP contribution is 2.17. The average molecular weight is 331 g/mol. The van der Waals surface area contributed by atoms with Crippen molar-refractivity contribution in [1.82, 2.24) is 15.0 Å². The Kier molecular flexibility index (Phi) is 5.60. The van der Waals surface area contributed by atoms with Gasteiger partial charge in [-0.15, -0.1) is 11.3 Å². The molecule has 122 valence electrons. The third-order valence-corrected chi connectivity index (χ3v) is 4.40. The van der Waals surface area contributed by atoms with Gasteiger partial charge in [0.05, 0.1) is 19.4 Å². The molecule has 3 rings (SSSR count). The fourth-order valence-electron chi connectivity index (χ4n) is 2.40. The smallest absolute Gasteiger partial charge is 0.240 e. The van der Waals surface area contributed by atoms with Gasteiger partial charge in [-0.1, -0.05) is 24.6 Å². The van der Waals surface area contributed by atoms with E-state index in [9.17, 15) is 0 Å². The summed E-state index contributed by atoms with van der Waals surface area (Å²) in [7, 11) is 0. The molecule has 0 fully saturated rings. The van der Waals surface area contributed by atoms with Crippen LogP contribution in [0, 0.1) is 0 Å². The molecule has 0 amide bonds. The van der Waals surface area contributed by atoms with E-state index in [0.717, 1.165) is 43.9 Å². The maximum absolute atomic E-state index is 5.47. The number of nitrogens with zero attached hydrogens (tertiary/aromatic N) is 3. The molecule has 0 unspecified atom stereocenters. The van der Waals surface area contributed by atoms with E-state index >= 15 is 0 Å². The Labute approximate surface area is 139 Å². The van der Waals surface area contributed by atoms with Gasteiger partial charge in [0.25, 0.3) is 0 Å². The third-order valence-electron chi connectivity index (χ3n) is 3.54. The first-order chi connectivity index (χ1) is 11.3. The van der Waals surface area contributed by atoms with Crippen molar-refractivity contribution in [3.63, 3.8) is 0 Å². The van der Waals surface area contributed by atoms with Gasteiger partial charge in [0.1, 0.15) is 5.76 Å². The quantitative estimate of drug-likeness (QED) is 0.586. The lowest BCUT2D eigenvalue weighted by molar-refractivity contribution is 0.198. The lowest BCUT2D eigenvalue weighted by Crippen LogP contribution is -2.22. The Balaban J connectivity index is 1.66. The van der Waals surface area contributed by atoms with Gasteiger partial charge >= 0.3 is 0 Å². The highest BCUT2D eigenvalue weighted by atomic mass is 32.1. The molecular formula is C17H21N3O2S. The van der Waals surface area contributed by atoms with E-state index in [1.165, 1.54) is 4.88 Å². The molecule has 6 heteroatoms. The van der Waals surface area contributed by atoms with E-state index in [1.54, 1.807) is 17.6 Å². The number of unbranched alkanes of at least 4 members (excludes halogenated alkanes) is 1. The Hall–Kier alpha value is -1.92. The second-order valence-electron chi connectivity index (χ2n) is 5.51. The molecule has 0 aliphatic carbocycles. The SMILES string of the molecule is CCCCc1noc(CN(Cc2ccco2)Cc2cccs2)n1. The summed E-state index contributed by atoms with van der Waals surface area (Å²) in [6, 6.07) is 8.11. The van der Waals surface area contributed by atoms with Crippen LogP contribution in [0.3, 0.4) is 0 Å². The number of rotatable bonds is 9. The van der Waals surface area contributed by atoms with Crippen molar-refractivity contribution in [2.75, 3.05) is 0 Å². The van der Waals surface area contributed by atoms with Crippen LogP contribution in [0.4, 0.5) is 0 Å². The maximum Gasteiger partial charge on any atom is 0.240 e. The van der Waals surface area contributed by atoms with Crippen LogP contribution in [0.15, 0.2) is 44.8 Å². The van der Waals surface area contributed by atoms with E-state index in [0.29, 0.717) is 12.4 Å². The average Bonchev–Trinajstić information content (AvgIpc) is 3.28. The van der Waals surface area contributed by atoms with Crippen molar-refractivity contribution in [2.24, 2.45) is 0 Å². The first-order valence-electron chi connectivity index (χ1n) is 7.92. The van der Waals surface area contributed by atoms with E-state index in [4.69, 9.17) is 8.94 Å². The Morgan fingerprint density at radius 3 is 2.87 bits per heavy atom. The maximum atomic E-state index is 5.47. The molecule has 0 aromatic carbocycles. The minimum Gasteiger partial charge on any atom is -0.468 e. The monoisotopic (exact) mass is 331 g/mol. The second kappa shape index (κ2) is 8.08. The van der Waals surface area contributed by atoms with Gasteiger partial charge in [0.2, 0.25) is 5.89 Å². The Morgan fingerprint density at radius 2 is 2.13 bits per heavy atom. The third kappa shape index (κ3) is 4.77. The zero-order valence-corrected chi connectivity index (χ0v) is 14.1. The summed E-state index contributed by atoms with van der Waals surface area (Å²) in [5, 5.41) is 6.16. The minimum absolute atomic E-state index is 0.623. The summed E-state index contributed by atoms with van der Waals surface area (Å²) in [5.74, 6) is 2.41. The van der Waals surface area contributed by atoms with Gasteiger partial charge in [-0.25, -0.2) is 0 Å². The molecule has 0 aliphatic rings. The molecule has 0 N–H and O–H groups in total. The van der Waals surface area contributed by atoms with Gasteiger partial charge in [0.15, 0.2) is 5.82 Å². The zero-order valence-electron chi connectivity index (χ0n) is 13.3. The van der Waals surface area contributed by atoms with Crippen LogP contribution in [0.1, 0.15) is 42.1 Å². The molecular weight excluding hydrogens is 310 g/mol. The largest absolute Gasteiger partial charge is 0.468 e. The normalized spacial score (nSPS) is 11.4. The summed E-state index contributed by atoms with van der Waals surface area (Å²) in [4.78, 5) is 8.06. The second-order valence-corrected chi connectivity index (χ2v) is 6.54. The van der Waals surface area contributed by atoms with Crippen molar-refractivity contribution in [3.05, 3.63) is 58.3 Å². The Morgan fingerprint density at radius 1 is 1.17 bits per heavy atom. The van der Waals surface area contributed by atoms with E-state index in [1.807, 2.05) is 12.1 Å². The van der Waals surface area contributed by atoms with E-state index in [-0.39, 0.29) is 0 Å². The topological polar surface area (TPSA) is 55.3 Å². The lowest BCUT2D eigenvalue weighted by Gasteiger charge is -2.18. The van der Waals surface area contributed by atoms with Crippen LogP contribution in [0.2, 0.25) is 0 Å². The number of furan rings is 1. The molecule has 3 aromatic rings. The van der Waals surface area contributed by atoms with Crippen LogP contribution >= 0.6 is 11.3 Å². The first-order valence-corrected chi connectivity index (χ1v) is 8.80. The molecule has 0 atom stereocenters. The van der Waals surface area contributed by atoms with Gasteiger partial charge in [0, 0.05) is 17.8 Å². The van der Waals surface area contributed by atoms with Crippen molar-refractivity contribution in [3.8, 4) is 0 Å². The molecule has 3 heterocycles. The molecule has 0 aliphatic heterocycles. The van der Waals surface area contributed by atoms with Crippen LogP contribution in [-0.4, -0.2) is 15.0 Å². The fraction of sp³-hybridized carbons (Fsp3) is 0.412. The molecule has 0 spiro atoms. The van der Waals surface area contributed by atoms with Crippen LogP contribution in [0.5, 0.6) is 0 Å². The zero-order chi connectivity index (χ0) is 15.9. The van der Waals surface area contributed by atoms with E-state index < -0.39 is 0 Å². The fourth-order valence-corrected chi connectivity index (χ4v) is 3.14. The van der Waals surface area contributed by atoms with Gasteiger partial charge in [-0.3, -0.25) is 4.90 Å². The summed E-state index contributed by atoms with van der Waals surface area (Å²) < 4.78 is 10.9. The standard InChI is InChI=1S/C17H21N3O2S/c1-2-3-8-16-18-17(22-19-16)13-20(11-14-6-4-9-21-14)12-15-7-5-10-23-15/h4-7,9-10H,2-3,8,11-13H2,1H3. The molecule has 0 saturated carbocycles. The van der Waals surface area contributed by atoms with Crippen molar-refractivity contribution >= 4 is 11.3 Å². The van der Waals surface area contributed by atoms with Crippen molar-refractivity contribution in [2.45, 2.75) is 45.8 Å². The molecule has 5 nitrogen and oxygen atoms in total. The summed E-state index contributed by atoms with van der Waals surface area (Å²) in [6.45, 7) is 4.34. The predicted molar refractivity (Wildman–Crippen MR) is 88.9 cm³/mol. The van der Waals surface area contributed by atoms with Gasteiger partial charge < -0.3 is 8.94 Å². The molecule has 23 heavy (non-hydrogen) atoms. The summed E-state index contributed by atoms with van der Waals surface area (Å²) >= 11 is 1.75. The number of hydrogen-bond acceptors (Lipinski definition) is 6. The van der Waals surface area contributed by atoms with Gasteiger partial charge in [-0.05, 0) is 30.0 Å². The predicted octanol–water partition coefficient (Wildman–Crippen LogP) is 4.27. The summed E-state index contributed by atoms with van der Waals surface area (Å²) in [6.07, 6.45) is 4.80. The first kappa shape index (κ1) is 16.0. The number of aryl methyl sites for hydroxylation is 1. The Bertz CT molecular complexity index is 640. The lowest BCUT2D eigenvalue weighted by atomic mass is 10.2. The summed E-state index contributed by atoms with van der Waals surface area (Å²) in [5.41, 5.74) is 0. The highest BCUT2D eigenvalue weighted by molar-refractivity contribution is 7.09. The minimum atomic E-state index is 0.623. The van der Waals surface area contributed by atoms with Crippen LogP contribution < -0.4 is 0 Å². The molecule has 0 saturated heterocycles. The highest BCUT2D eigenvalue weighted by Gasteiger charge is 2.15. The van der Waals surface area contributed by atoms with Crippen molar-refractivity contribution < 1.29 is 8.94 Å². The molecule has 0 radical (unpaired) electrons. The molecule has 3 aromatic heterocycles. The number of thiophene rings is 1. The molecule has 0 bridgehead atoms. The van der Waals surface area contributed by atoms with Crippen molar-refractivity contribution in [1.29, 1.82) is 0 Å². The number of hydrogen-bond donors (Lipinski definition) is 0. The van der Waals surface area contributed by atoms with E-state index in [2.05, 4.69) is 39.5 Å². The van der Waals surface area contributed by atoms with Gasteiger partial charge in [-0.2, -0.15) is 4.98 Å². The van der Waals surface area contributed by atoms with Crippen LogP contribution in [0.25, 0.3) is 0 Å². The van der Waals surface area contributed by atoms with Crippen LogP contribution in [-0.2, 0) is 26.1 Å².